The quantitative estimate of drug-likeness (QED) is 0.0904. The zero-order chi connectivity index (χ0) is 94.4. The molecule has 0 aliphatic rings. The molecule has 0 aliphatic heterocycles. The van der Waals surface area contributed by atoms with E-state index in [1.54, 1.807) is 0 Å². The van der Waals surface area contributed by atoms with Crippen molar-refractivity contribution in [2.75, 3.05) is 0 Å². The minimum Gasteiger partial charge on any atom is -0.233 e. The lowest BCUT2D eigenvalue weighted by atomic mass is 10.1. The second kappa shape index (κ2) is 45.9. The highest BCUT2D eigenvalue weighted by Gasteiger charge is 2.18. The lowest BCUT2D eigenvalue weighted by Gasteiger charge is -2.09. The molecule has 0 spiro atoms. The van der Waals surface area contributed by atoms with E-state index < -0.39 is 0 Å². The van der Waals surface area contributed by atoms with Gasteiger partial charge in [0.1, 0.15) is 5.82 Å². The van der Waals surface area contributed by atoms with Crippen LogP contribution in [0.2, 0.25) is 0 Å². The van der Waals surface area contributed by atoms with Gasteiger partial charge in [0.05, 0.1) is 62.6 Å². The van der Waals surface area contributed by atoms with Gasteiger partial charge in [-0.25, -0.2) is 59.8 Å². The molecule has 0 unspecified atom stereocenters. The molecule has 0 fully saturated rings. The summed E-state index contributed by atoms with van der Waals surface area (Å²) in [4.78, 5) is 56.8. The number of nitrogens with zero attached hydrogens (tertiary/aromatic N) is 12. The molecule has 138 heavy (non-hydrogen) atoms. The van der Waals surface area contributed by atoms with Crippen LogP contribution in [0.25, 0.3) is 181 Å². The van der Waals surface area contributed by atoms with Crippen molar-refractivity contribution in [3.8, 4) is 181 Å². The van der Waals surface area contributed by atoms with E-state index in [0.29, 0.717) is 0 Å². The van der Waals surface area contributed by atoms with E-state index in [2.05, 4.69) is 272 Å². The maximum absolute atomic E-state index is 4.83. The summed E-state index contributed by atoms with van der Waals surface area (Å²) in [6.07, 6.45) is 0. The Labute approximate surface area is 807 Å². The maximum atomic E-state index is 4.83. The third kappa shape index (κ3) is 25.0. The van der Waals surface area contributed by atoms with E-state index in [9.17, 15) is 0 Å². The molecule has 6 heterocycles. The van der Waals surface area contributed by atoms with Crippen LogP contribution in [0.4, 0.5) is 0 Å². The number of aryl methyl sites for hydroxylation is 6. The van der Waals surface area contributed by atoms with Crippen molar-refractivity contribution in [2.24, 2.45) is 0 Å². The first-order valence-corrected chi connectivity index (χ1v) is 46.0. The van der Waals surface area contributed by atoms with Crippen LogP contribution in [0.15, 0.2) is 497 Å². The van der Waals surface area contributed by atoms with Crippen molar-refractivity contribution in [3.05, 3.63) is 531 Å². The van der Waals surface area contributed by atoms with Crippen molar-refractivity contribution in [2.45, 2.75) is 41.5 Å². The topological polar surface area (TPSA) is 155 Å². The van der Waals surface area contributed by atoms with Crippen LogP contribution >= 0.6 is 0 Å². The first kappa shape index (κ1) is 91.9. The smallest absolute Gasteiger partial charge is 0.160 e. The molecule has 12 nitrogen and oxygen atoms in total. The summed E-state index contributed by atoms with van der Waals surface area (Å²) in [6, 6.07) is 168. The molecular weight excluding hydrogens is 1680 g/mol. The summed E-state index contributed by atoms with van der Waals surface area (Å²) >= 11 is 0. The Morgan fingerprint density at radius 1 is 0.109 bits per heavy atom. The van der Waals surface area contributed by atoms with Crippen LogP contribution < -0.4 is 0 Å². The molecule has 12 heteroatoms. The van der Waals surface area contributed by atoms with E-state index >= 15 is 0 Å². The molecule has 0 atom stereocenters. The lowest BCUT2D eigenvalue weighted by molar-refractivity contribution is 1.06. The van der Waals surface area contributed by atoms with E-state index in [0.717, 1.165) is 192 Å². The predicted octanol–water partition coefficient (Wildman–Crippen LogP) is 31.4. The molecule has 22 aromatic rings. The molecule has 16 aromatic carbocycles. The standard InChI is InChI=1S/4C23H18N2.2C17H14N2/c1-17-9-8-14-20(15-17)22-16-21(18-10-4-2-5-11-18)24-23(25-22)19-12-6-3-7-13-19;1-17-9-8-14-20(15-17)23-24-21(18-10-4-2-5-11-18)16-22(25-23)19-12-6-3-7-13-19;1-17-12-14-19(15-13-17)22-16-21(18-8-4-2-5-9-18)24-23(25-22)20-10-6-3-7-11-20;1-17-12-14-20(15-13-17)23-24-21(18-8-4-2-5-9-18)16-22(25-23)19-10-6-3-7-11-19;1-13-18-16(14-8-4-2-5-9-14)12-17(19-13)15-10-6-3-7-11-15;1-13-12-16(14-8-4-2-5-9-14)19-17(18-13)15-10-6-3-7-11-15/h4*2-16H,1H3;2*2-12H,1H3. The summed E-state index contributed by atoms with van der Waals surface area (Å²) in [5, 5.41) is 0. The number of rotatable bonds is 16. The molecule has 0 amide bonds. The minimum atomic E-state index is 0.748. The van der Waals surface area contributed by atoms with Crippen LogP contribution in [0.3, 0.4) is 0 Å². The monoisotopic (exact) mass is 1780 g/mol. The fourth-order valence-electron chi connectivity index (χ4n) is 15.5. The normalized spacial score (nSPS) is 10.5. The van der Waals surface area contributed by atoms with Crippen LogP contribution in [-0.4, -0.2) is 59.8 Å². The molecule has 0 saturated heterocycles. The van der Waals surface area contributed by atoms with Crippen LogP contribution in [0.5, 0.6) is 0 Å². The second-order valence-electron chi connectivity index (χ2n) is 33.1. The summed E-state index contributed by atoms with van der Waals surface area (Å²) in [7, 11) is 0. The van der Waals surface area contributed by atoms with Crippen LogP contribution in [0.1, 0.15) is 33.8 Å². The van der Waals surface area contributed by atoms with Gasteiger partial charge in [0.15, 0.2) is 29.1 Å². The highest BCUT2D eigenvalue weighted by atomic mass is 14.9. The molecular formula is C126H100N12. The molecule has 0 N–H and O–H groups in total. The van der Waals surface area contributed by atoms with Crippen LogP contribution in [0, 0.1) is 41.5 Å². The highest BCUT2D eigenvalue weighted by Crippen LogP contribution is 2.35. The predicted molar refractivity (Wildman–Crippen MR) is 568 cm³/mol. The highest BCUT2D eigenvalue weighted by molar-refractivity contribution is 5.78. The van der Waals surface area contributed by atoms with Gasteiger partial charge in [-0.2, -0.15) is 0 Å². The summed E-state index contributed by atoms with van der Waals surface area (Å²) < 4.78 is 0. The van der Waals surface area contributed by atoms with Gasteiger partial charge < -0.3 is 0 Å². The number of hydrogen-bond donors (Lipinski definition) is 0. The van der Waals surface area contributed by atoms with Crippen molar-refractivity contribution < 1.29 is 0 Å². The Bertz CT molecular complexity index is 6850. The van der Waals surface area contributed by atoms with E-state index in [-0.39, 0.29) is 0 Å². The van der Waals surface area contributed by atoms with E-state index in [1.807, 2.05) is 287 Å². The van der Waals surface area contributed by atoms with Gasteiger partial charge in [-0.05, 0) is 90.1 Å². The molecule has 0 aliphatic carbocycles. The Balaban J connectivity index is 0.000000115. The summed E-state index contributed by atoms with van der Waals surface area (Å²) in [5.41, 5.74) is 33.5. The van der Waals surface area contributed by atoms with Crippen molar-refractivity contribution in [1.82, 2.24) is 59.8 Å². The molecule has 0 saturated carbocycles. The van der Waals surface area contributed by atoms with Gasteiger partial charge in [0.2, 0.25) is 0 Å². The van der Waals surface area contributed by atoms with E-state index in [1.165, 1.54) is 22.3 Å². The molecule has 6 aromatic heterocycles. The summed E-state index contributed by atoms with van der Waals surface area (Å²) in [6.45, 7) is 12.3. The molecule has 0 bridgehead atoms. The Kier molecular flexibility index (Phi) is 30.6. The number of hydrogen-bond acceptors (Lipinski definition) is 12. The third-order valence-electron chi connectivity index (χ3n) is 22.6. The largest absolute Gasteiger partial charge is 0.233 e. The minimum absolute atomic E-state index is 0.748. The van der Waals surface area contributed by atoms with Gasteiger partial charge in [-0.1, -0.05) is 471 Å². The van der Waals surface area contributed by atoms with Crippen molar-refractivity contribution in [3.63, 3.8) is 0 Å². The zero-order valence-corrected chi connectivity index (χ0v) is 77.7. The average Bonchev–Trinajstić information content (AvgIpc) is 0.973. The fourth-order valence-corrected chi connectivity index (χ4v) is 15.5. The first-order valence-electron chi connectivity index (χ1n) is 46.0. The fraction of sp³-hybridized carbons (Fsp3) is 0.0476. The van der Waals surface area contributed by atoms with Gasteiger partial charge in [0, 0.05) is 94.7 Å². The van der Waals surface area contributed by atoms with Gasteiger partial charge in [0.25, 0.3) is 0 Å². The Hall–Kier alpha value is -18.0. The first-order chi connectivity index (χ1) is 67.8. The molecule has 0 radical (unpaired) electrons. The number of benzene rings is 16. The maximum Gasteiger partial charge on any atom is 0.160 e. The van der Waals surface area contributed by atoms with Gasteiger partial charge in [-0.3, -0.25) is 0 Å². The Morgan fingerprint density at radius 2 is 0.275 bits per heavy atom. The summed E-state index contributed by atoms with van der Waals surface area (Å²) in [5.74, 6) is 4.57. The van der Waals surface area contributed by atoms with Crippen LogP contribution in [-0.2, 0) is 0 Å². The Morgan fingerprint density at radius 3 is 0.522 bits per heavy atom. The second-order valence-corrected chi connectivity index (χ2v) is 33.1. The zero-order valence-electron chi connectivity index (χ0n) is 77.7. The third-order valence-corrected chi connectivity index (χ3v) is 22.6. The van der Waals surface area contributed by atoms with Crippen molar-refractivity contribution in [1.29, 1.82) is 0 Å². The van der Waals surface area contributed by atoms with E-state index in [4.69, 9.17) is 39.9 Å². The number of aromatic nitrogens is 12. The molecule has 22 rings (SSSR count). The average molecular weight is 1780 g/mol. The van der Waals surface area contributed by atoms with Gasteiger partial charge >= 0.3 is 0 Å². The molecule has 664 valence electrons. The lowest BCUT2D eigenvalue weighted by Crippen LogP contribution is -1.96. The van der Waals surface area contributed by atoms with Crippen molar-refractivity contribution >= 4 is 0 Å². The SMILES string of the molecule is Cc1cc(-c2ccccc2)nc(-c2ccccc2)n1.Cc1ccc(-c2cc(-c3ccccc3)nc(-c3ccccc3)n2)cc1.Cc1ccc(-c2nc(-c3ccccc3)cc(-c3ccccc3)n2)cc1.Cc1cccc(-c2cc(-c3ccccc3)nc(-c3ccccc3)n2)c1.Cc1cccc(-c2nc(-c3ccccc3)cc(-c3ccccc3)n2)c1.Cc1nc(-c2ccccc2)cc(-c2ccccc2)n1. The van der Waals surface area contributed by atoms with Gasteiger partial charge in [-0.15, -0.1) is 0 Å².